The number of aliphatic hydroxyl groups is 1. The molecule has 28 heteroatoms. The molecule has 16 N–H and O–H groups in total. The minimum atomic E-state index is -4.96. The summed E-state index contributed by atoms with van der Waals surface area (Å²) in [4.78, 5) is 125. The molecule has 4 aromatic rings. The molecule has 5 atom stereocenters. The third kappa shape index (κ3) is 15.7. The number of esters is 1. The van der Waals surface area contributed by atoms with Crippen LogP contribution in [-0.2, 0) is 54.9 Å². The first-order valence-electron chi connectivity index (χ1n) is 25.0. The van der Waals surface area contributed by atoms with Crippen LogP contribution in [0.15, 0.2) is 78.9 Å². The van der Waals surface area contributed by atoms with Crippen LogP contribution in [0, 0.1) is 11.8 Å². The van der Waals surface area contributed by atoms with Gasteiger partial charge in [-0.15, -0.1) is 0 Å². The zero-order valence-electron chi connectivity index (χ0n) is 43.6. The van der Waals surface area contributed by atoms with Crippen molar-refractivity contribution in [2.75, 3.05) is 18.5 Å². The van der Waals surface area contributed by atoms with Gasteiger partial charge in [0.2, 0.25) is 41.4 Å². The third-order valence-corrected chi connectivity index (χ3v) is 13.2. The van der Waals surface area contributed by atoms with E-state index in [-0.39, 0.29) is 76.9 Å². The number of aromatic hydroxyl groups is 2. The second-order valence-electron chi connectivity index (χ2n) is 19.7. The number of carbonyl (C=O) groups is 8. The summed E-state index contributed by atoms with van der Waals surface area (Å²) in [5.41, 5.74) is 11.1. The number of thiocarbonyl (C=S) groups is 1. The number of ether oxygens (including phenoxy) is 2. The van der Waals surface area contributed by atoms with E-state index in [9.17, 15) is 68.0 Å². The van der Waals surface area contributed by atoms with Gasteiger partial charge in [0, 0.05) is 47.4 Å². The number of carbonyl (C=O) groups excluding carboxylic acids is 8. The number of nitrogens with one attached hydrogen (secondary N) is 7. The lowest BCUT2D eigenvalue weighted by atomic mass is 9.77. The largest absolute Gasteiger partial charge is 0.524 e. The Labute approximate surface area is 463 Å². The van der Waals surface area contributed by atoms with Gasteiger partial charge >= 0.3 is 13.8 Å². The van der Waals surface area contributed by atoms with Crippen molar-refractivity contribution in [2.45, 2.75) is 95.6 Å². The Kier molecular flexibility index (Phi) is 19.8. The maximum absolute atomic E-state index is 14.4. The molecule has 1 spiro atoms. The standard InChI is InChI=1S/C52H62N9O17PS/c1-25(2)17-37(47(69)60-40(24-62)45(54)67)57-44(66)23-55-46(68)36(15-16-43(53)65)58-49(71)39(19-27-5-10-31(11-6-27)78-79(73,74)75)59-48(70)38(18-26(3)4)61-51(80)56-28-7-12-33-32(20-28)50(72)77-52(33)34-13-8-29(63)21-41(34)76-42-22-30(64)9-14-35(42)52/h5-14,20-22,25-26,36-40,62-64H,15-19,23-24H2,1-4H3,(H2,53,65)(H2,54,67)(H,55,68)(H,57,66)(H,58,71)(H,59,70)(H,60,69)(H2,56,61,80)(H2,73,74,75)/t36-,37-,38-,39-,40-/m0/s1. The second-order valence-corrected chi connectivity index (χ2v) is 21.3. The highest BCUT2D eigenvalue weighted by atomic mass is 32.1. The molecule has 0 fully saturated rings. The maximum atomic E-state index is 14.4. The lowest BCUT2D eigenvalue weighted by Gasteiger charge is -2.36. The molecule has 6 rings (SSSR count). The first-order valence-corrected chi connectivity index (χ1v) is 26.9. The van der Waals surface area contributed by atoms with Gasteiger partial charge < -0.3 is 78.0 Å². The Balaban J connectivity index is 1.21. The zero-order valence-corrected chi connectivity index (χ0v) is 45.4. The summed E-state index contributed by atoms with van der Waals surface area (Å²) >= 11 is 5.69. The quantitative estimate of drug-likeness (QED) is 0.0249. The van der Waals surface area contributed by atoms with Crippen LogP contribution >= 0.6 is 20.0 Å². The van der Waals surface area contributed by atoms with Crippen molar-refractivity contribution in [2.24, 2.45) is 23.3 Å². The molecule has 0 bridgehead atoms. The van der Waals surface area contributed by atoms with E-state index >= 15 is 0 Å². The van der Waals surface area contributed by atoms with E-state index in [0.29, 0.717) is 27.9 Å². The third-order valence-electron chi connectivity index (χ3n) is 12.5. The molecule has 0 saturated carbocycles. The van der Waals surface area contributed by atoms with E-state index in [2.05, 4.69) is 41.7 Å². The van der Waals surface area contributed by atoms with Crippen LogP contribution in [0.4, 0.5) is 5.69 Å². The number of phenolic OH excluding ortho intramolecular Hbond substituents is 2. The smallest absolute Gasteiger partial charge is 0.508 e. The Morgan fingerprint density at radius 3 is 1.76 bits per heavy atom. The molecule has 0 radical (unpaired) electrons. The van der Waals surface area contributed by atoms with Gasteiger partial charge in [0.15, 0.2) is 10.7 Å². The fraction of sp³-hybridized carbons (Fsp3) is 0.365. The maximum Gasteiger partial charge on any atom is 0.524 e. The Hall–Kier alpha value is -8.36. The van der Waals surface area contributed by atoms with Crippen LogP contribution in [0.25, 0.3) is 0 Å². The number of rotatable bonds is 25. The Bertz CT molecular complexity index is 3050. The number of anilines is 1. The van der Waals surface area contributed by atoms with E-state index in [0.717, 1.165) is 0 Å². The topological polar surface area (TPSA) is 419 Å². The summed E-state index contributed by atoms with van der Waals surface area (Å²) < 4.78 is 28.4. The zero-order chi connectivity index (χ0) is 58.8. The van der Waals surface area contributed by atoms with Gasteiger partial charge in [0.1, 0.15) is 59.0 Å². The van der Waals surface area contributed by atoms with Crippen molar-refractivity contribution < 1.29 is 82.0 Å². The minimum Gasteiger partial charge on any atom is -0.508 e. The molecule has 0 saturated heterocycles. The fourth-order valence-corrected chi connectivity index (χ4v) is 9.55. The van der Waals surface area contributed by atoms with Crippen LogP contribution in [-0.4, -0.2) is 121 Å². The summed E-state index contributed by atoms with van der Waals surface area (Å²) in [6.45, 7) is 5.57. The van der Waals surface area contributed by atoms with E-state index < -0.39 is 111 Å². The summed E-state index contributed by atoms with van der Waals surface area (Å²) in [6, 6.07) is 11.7. The first kappa shape index (κ1) is 60.9. The van der Waals surface area contributed by atoms with Crippen molar-refractivity contribution in [3.8, 4) is 28.7 Å². The number of hydrogen-bond donors (Lipinski definition) is 14. The molecule has 0 aromatic heterocycles. The van der Waals surface area contributed by atoms with Gasteiger partial charge in [0.25, 0.3) is 0 Å². The number of phenols is 2. The van der Waals surface area contributed by atoms with Crippen molar-refractivity contribution in [1.29, 1.82) is 0 Å². The van der Waals surface area contributed by atoms with Crippen molar-refractivity contribution in [1.82, 2.24) is 31.9 Å². The van der Waals surface area contributed by atoms with Crippen LogP contribution in [0.1, 0.15) is 86.0 Å². The fourth-order valence-electron chi connectivity index (χ4n) is 8.90. The molecule has 7 amide bonds. The number of phosphoric acid groups is 1. The number of amides is 7. The number of phosphoric ester groups is 1. The molecule has 0 aliphatic carbocycles. The highest BCUT2D eigenvalue weighted by Gasteiger charge is 2.54. The molecular weight excluding hydrogens is 1090 g/mol. The average Bonchev–Trinajstić information content (AvgIpc) is 3.43. The highest BCUT2D eigenvalue weighted by molar-refractivity contribution is 7.80. The number of aliphatic hydroxyl groups excluding tert-OH is 1. The van der Waals surface area contributed by atoms with Crippen LogP contribution in [0.3, 0.4) is 0 Å². The van der Waals surface area contributed by atoms with Gasteiger partial charge in [-0.1, -0.05) is 45.9 Å². The number of fused-ring (bicyclic) bond motifs is 6. The predicted octanol–water partition coefficient (Wildman–Crippen LogP) is 0.926. The van der Waals surface area contributed by atoms with Crippen molar-refractivity contribution in [3.63, 3.8) is 0 Å². The number of hydrogen-bond acceptors (Lipinski definition) is 16. The molecule has 0 unspecified atom stereocenters. The highest BCUT2D eigenvalue weighted by Crippen LogP contribution is 2.57. The molecule has 428 valence electrons. The van der Waals surface area contributed by atoms with Gasteiger partial charge in [-0.3, -0.25) is 43.3 Å². The Morgan fingerprint density at radius 1 is 0.688 bits per heavy atom. The molecule has 2 aliphatic heterocycles. The first-order chi connectivity index (χ1) is 37.6. The van der Waals surface area contributed by atoms with Gasteiger partial charge in [-0.05, 0) is 97.4 Å². The minimum absolute atomic E-state index is 0.0703. The average molecular weight is 1150 g/mol. The molecule has 80 heavy (non-hydrogen) atoms. The van der Waals surface area contributed by atoms with Crippen molar-refractivity contribution >= 4 is 78.2 Å². The van der Waals surface area contributed by atoms with Crippen LogP contribution in [0.2, 0.25) is 0 Å². The molecule has 26 nitrogen and oxygen atoms in total. The van der Waals surface area contributed by atoms with E-state index in [1.165, 1.54) is 54.6 Å². The predicted molar refractivity (Wildman–Crippen MR) is 288 cm³/mol. The lowest BCUT2D eigenvalue weighted by molar-refractivity contribution is -0.134. The monoisotopic (exact) mass is 1150 g/mol. The van der Waals surface area contributed by atoms with Gasteiger partial charge in [0.05, 0.1) is 18.7 Å². The molecule has 2 heterocycles. The molecule has 4 aromatic carbocycles. The van der Waals surface area contributed by atoms with Gasteiger partial charge in [-0.2, -0.15) is 0 Å². The number of nitrogens with two attached hydrogens (primary N) is 2. The number of benzene rings is 4. The summed E-state index contributed by atoms with van der Waals surface area (Å²) in [7, 11) is -4.96. The summed E-state index contributed by atoms with van der Waals surface area (Å²) in [6.07, 6.45) is -0.933. The van der Waals surface area contributed by atoms with Gasteiger partial charge in [-0.25, -0.2) is 9.36 Å². The molecule has 2 aliphatic rings. The molecular formula is C52H62N9O17PS. The second kappa shape index (κ2) is 26.1. The normalized spacial score (nSPS) is 14.7. The van der Waals surface area contributed by atoms with E-state index in [1.807, 2.05) is 13.8 Å². The van der Waals surface area contributed by atoms with Crippen LogP contribution < -0.4 is 57.9 Å². The summed E-state index contributed by atoms with van der Waals surface area (Å²) in [5.74, 6) is -7.47. The van der Waals surface area contributed by atoms with E-state index in [1.54, 1.807) is 38.1 Å². The Morgan fingerprint density at radius 2 is 1.23 bits per heavy atom. The lowest BCUT2D eigenvalue weighted by Crippen LogP contribution is -2.58. The van der Waals surface area contributed by atoms with Crippen LogP contribution in [0.5, 0.6) is 28.7 Å². The summed E-state index contributed by atoms with van der Waals surface area (Å²) in [5, 5.41) is 48.2. The van der Waals surface area contributed by atoms with E-state index in [4.69, 9.17) is 33.2 Å². The SMILES string of the molecule is CC(C)C[C@H](NC(=O)CNC(=O)[C@H](CCC(N)=O)NC(=O)[C@H](Cc1ccc(OP(=O)(O)O)cc1)NC(=O)[C@H](CC(C)C)NC(=S)Nc1ccc2c(c1)C(=O)OC21c2ccc(O)cc2Oc2cc(O)ccc21)C(=O)N[C@@H](CO)C(N)=O. The number of primary amides is 2. The van der Waals surface area contributed by atoms with Crippen molar-refractivity contribution in [3.05, 3.63) is 107 Å².